The van der Waals surface area contributed by atoms with Crippen molar-refractivity contribution >= 4 is 15.5 Å². The van der Waals surface area contributed by atoms with E-state index < -0.39 is 27.3 Å². The van der Waals surface area contributed by atoms with E-state index in [1.54, 1.807) is 6.07 Å². The molecule has 0 aromatic heterocycles. The number of rotatable bonds is 11. The molecule has 8 heteroatoms. The fourth-order valence-electron chi connectivity index (χ4n) is 8.82. The second-order valence-corrected chi connectivity index (χ2v) is 17.2. The Balaban J connectivity index is 1.26. The van der Waals surface area contributed by atoms with Gasteiger partial charge in [0.1, 0.15) is 18.9 Å². The van der Waals surface area contributed by atoms with Gasteiger partial charge < -0.3 is 19.2 Å². The number of quaternary nitrogens is 1. The highest BCUT2D eigenvalue weighted by atomic mass is 32.2. The maximum absolute atomic E-state index is 14.2. The number of nitrogens with zero attached hydrogens (tertiary/aromatic N) is 3. The second kappa shape index (κ2) is 13.8. The van der Waals surface area contributed by atoms with Crippen molar-refractivity contribution in [3.8, 4) is 5.75 Å². The monoisotopic (exact) mass is 674 g/mol. The number of sulfone groups is 1. The van der Waals surface area contributed by atoms with Crippen LogP contribution in [-0.2, 0) is 23.0 Å². The Morgan fingerprint density at radius 2 is 1.48 bits per heavy atom. The van der Waals surface area contributed by atoms with Crippen molar-refractivity contribution in [3.63, 3.8) is 0 Å². The molecule has 0 aliphatic carbocycles. The summed E-state index contributed by atoms with van der Waals surface area (Å²) < 4.78 is 35.9. The van der Waals surface area contributed by atoms with Crippen molar-refractivity contribution in [2.24, 2.45) is 17.3 Å². The van der Waals surface area contributed by atoms with E-state index in [0.29, 0.717) is 17.1 Å². The molecule has 0 spiro atoms. The maximum Gasteiger partial charge on any atom is 0.179 e. The number of fused-ring (bicyclic) bond motifs is 4. The summed E-state index contributed by atoms with van der Waals surface area (Å²) in [4.78, 5) is 4.91. The molecule has 4 aliphatic rings. The average molecular weight is 675 g/mol. The quantitative estimate of drug-likeness (QED) is 0.240. The predicted molar refractivity (Wildman–Crippen MR) is 194 cm³/mol. The highest BCUT2D eigenvalue weighted by Crippen LogP contribution is 2.53. The molecule has 4 atom stereocenters. The van der Waals surface area contributed by atoms with Crippen LogP contribution in [0.25, 0.3) is 0 Å². The maximum atomic E-state index is 14.2. The molecule has 4 heterocycles. The first-order valence-electron chi connectivity index (χ1n) is 18.0. The summed E-state index contributed by atoms with van der Waals surface area (Å²) in [5.74, 6) is 0.196. The molecule has 4 aliphatic heterocycles. The van der Waals surface area contributed by atoms with Crippen molar-refractivity contribution in [1.29, 1.82) is 0 Å². The molecular weight excluding hydrogens is 619 g/mol. The normalized spacial score (nSPS) is 29.0. The van der Waals surface area contributed by atoms with Gasteiger partial charge in [-0.05, 0) is 58.9 Å². The Morgan fingerprint density at radius 1 is 0.896 bits per heavy atom. The molecule has 0 radical (unpaired) electrons. The van der Waals surface area contributed by atoms with E-state index in [-0.39, 0.29) is 17.6 Å². The van der Waals surface area contributed by atoms with Crippen LogP contribution >= 0.6 is 0 Å². The fraction of sp³-hybridized carbons (Fsp3) is 0.550. The van der Waals surface area contributed by atoms with Crippen LogP contribution in [0, 0.1) is 17.3 Å². The van der Waals surface area contributed by atoms with E-state index in [1.807, 2.05) is 55.4 Å². The summed E-state index contributed by atoms with van der Waals surface area (Å²) in [5.41, 5.74) is 4.20. The summed E-state index contributed by atoms with van der Waals surface area (Å²) in [6.07, 6.45) is 0.686. The van der Waals surface area contributed by atoms with Gasteiger partial charge in [-0.1, -0.05) is 76.9 Å². The van der Waals surface area contributed by atoms with Gasteiger partial charge in [0.05, 0.1) is 36.4 Å². The Kier molecular flexibility index (Phi) is 10.0. The highest BCUT2D eigenvalue weighted by molar-refractivity contribution is 7.91. The van der Waals surface area contributed by atoms with Crippen molar-refractivity contribution in [3.05, 3.63) is 89.0 Å². The molecular formula is C40H56N3O4S+. The minimum atomic E-state index is -3.68. The topological polar surface area (TPSA) is 70.1 Å². The summed E-state index contributed by atoms with van der Waals surface area (Å²) in [5, 5.41) is 12.6. The van der Waals surface area contributed by atoms with Gasteiger partial charge in [-0.25, -0.2) is 8.42 Å². The van der Waals surface area contributed by atoms with Gasteiger partial charge >= 0.3 is 0 Å². The molecule has 7 rings (SSSR count). The van der Waals surface area contributed by atoms with Crippen LogP contribution in [0.4, 0.5) is 5.69 Å². The van der Waals surface area contributed by atoms with Crippen LogP contribution in [0.15, 0.2) is 71.6 Å². The van der Waals surface area contributed by atoms with Crippen molar-refractivity contribution in [2.45, 2.75) is 70.6 Å². The summed E-state index contributed by atoms with van der Waals surface area (Å²) in [6.45, 7) is 17.5. The lowest BCUT2D eigenvalue weighted by atomic mass is 9.59. The number of aliphatic hydroxyl groups is 1. The van der Waals surface area contributed by atoms with Gasteiger partial charge in [0.25, 0.3) is 0 Å². The smallest absolute Gasteiger partial charge is 0.179 e. The van der Waals surface area contributed by atoms with E-state index in [0.717, 1.165) is 42.0 Å². The molecule has 0 saturated carbocycles. The molecule has 48 heavy (non-hydrogen) atoms. The lowest BCUT2D eigenvalue weighted by Gasteiger charge is -2.50. The largest absolute Gasteiger partial charge is 0.489 e. The van der Waals surface area contributed by atoms with Crippen LogP contribution in [0.1, 0.15) is 68.7 Å². The van der Waals surface area contributed by atoms with Crippen molar-refractivity contribution < 1.29 is 22.7 Å². The molecule has 2 unspecified atom stereocenters. The number of anilines is 1. The van der Waals surface area contributed by atoms with Gasteiger partial charge in [0.15, 0.2) is 9.84 Å². The van der Waals surface area contributed by atoms with Crippen LogP contribution in [0.5, 0.6) is 5.75 Å². The van der Waals surface area contributed by atoms with Crippen LogP contribution < -0.4 is 9.64 Å². The molecule has 0 amide bonds. The fourth-order valence-corrected chi connectivity index (χ4v) is 11.2. The third kappa shape index (κ3) is 6.53. The van der Waals surface area contributed by atoms with E-state index in [9.17, 15) is 13.5 Å². The molecule has 7 nitrogen and oxygen atoms in total. The minimum Gasteiger partial charge on any atom is -0.489 e. The minimum absolute atomic E-state index is 0.00522. The Labute approximate surface area is 289 Å². The van der Waals surface area contributed by atoms with Crippen molar-refractivity contribution in [1.82, 2.24) is 4.90 Å². The zero-order chi connectivity index (χ0) is 34.3. The number of hydrogen-bond acceptors (Lipinski definition) is 6. The Hall–Kier alpha value is -2.91. The van der Waals surface area contributed by atoms with Gasteiger partial charge in [-0.2, -0.15) is 0 Å². The molecule has 1 N–H and O–H groups in total. The number of aliphatic hydroxyl groups excluding tert-OH is 1. The molecule has 3 aromatic rings. The van der Waals surface area contributed by atoms with Gasteiger partial charge in [-0.15, -0.1) is 0 Å². The van der Waals surface area contributed by atoms with E-state index in [2.05, 4.69) is 56.9 Å². The van der Waals surface area contributed by atoms with Crippen LogP contribution in [0.3, 0.4) is 0 Å². The standard InChI is InChI=1S/C40H56N3O4S/c1-7-29(3)40(30(4)8-2)28-48(45,46)37-18-15-34(41(5)6)25-36(37)38(39(40)44)33-13-16-35(17-14-33)47-27-32-11-9-31(10-12-32)26-43-22-19-42(20-23-43)21-24-43/h9-18,25,29-30,38-39,44H,7-8,19-24,26-28H2,1-6H3/q+1/t29?,30?,38-,39-,40?/m1/s1. The average Bonchev–Trinajstić information content (AvgIpc) is 3.18. The van der Waals surface area contributed by atoms with E-state index >= 15 is 0 Å². The molecule has 260 valence electrons. The third-order valence-corrected chi connectivity index (χ3v) is 14.3. The number of ether oxygens (including phenoxy) is 1. The Bertz CT molecular complexity index is 1640. The lowest BCUT2D eigenvalue weighted by molar-refractivity contribution is -0.953. The zero-order valence-electron chi connectivity index (χ0n) is 29.9. The van der Waals surface area contributed by atoms with Gasteiger partial charge in [0, 0.05) is 56.3 Å². The molecule has 3 saturated heterocycles. The van der Waals surface area contributed by atoms with Crippen molar-refractivity contribution in [2.75, 3.05) is 64.0 Å². The first-order valence-corrected chi connectivity index (χ1v) is 19.7. The highest BCUT2D eigenvalue weighted by Gasteiger charge is 2.55. The molecule has 2 bridgehead atoms. The van der Waals surface area contributed by atoms with Crippen LogP contribution in [0.2, 0.25) is 0 Å². The van der Waals surface area contributed by atoms with Gasteiger partial charge in [-0.3, -0.25) is 4.90 Å². The molecule has 3 aromatic carbocycles. The van der Waals surface area contributed by atoms with Crippen LogP contribution in [-0.4, -0.2) is 88.1 Å². The second-order valence-electron chi connectivity index (χ2n) is 15.2. The predicted octanol–water partition coefficient (Wildman–Crippen LogP) is 6.34. The zero-order valence-corrected chi connectivity index (χ0v) is 30.7. The first-order chi connectivity index (χ1) is 22.9. The van der Waals surface area contributed by atoms with E-state index in [4.69, 9.17) is 4.74 Å². The number of hydrogen-bond donors (Lipinski definition) is 1. The third-order valence-electron chi connectivity index (χ3n) is 12.4. The SMILES string of the molecule is CCC(C)C1(C(C)CC)CS(=O)(=O)c2ccc(N(C)C)cc2[C@@H](c2ccc(OCc3ccc(C[N+]45CCN(CC4)CC5)cc3)cc2)[C@H]1O. The summed E-state index contributed by atoms with van der Waals surface area (Å²) >= 11 is 0. The lowest BCUT2D eigenvalue weighted by Crippen LogP contribution is -2.66. The number of piperazine rings is 3. The van der Waals surface area contributed by atoms with Gasteiger partial charge in [0.2, 0.25) is 0 Å². The Morgan fingerprint density at radius 3 is 2.04 bits per heavy atom. The van der Waals surface area contributed by atoms with E-state index in [1.165, 1.54) is 49.3 Å². The summed E-state index contributed by atoms with van der Waals surface area (Å²) in [7, 11) is 0.233. The first kappa shape index (κ1) is 34.9. The summed E-state index contributed by atoms with van der Waals surface area (Å²) in [6, 6.07) is 22.4. The number of benzene rings is 3. The molecule has 3 fully saturated rings.